The van der Waals surface area contributed by atoms with Gasteiger partial charge in [-0.3, -0.25) is 14.2 Å². The van der Waals surface area contributed by atoms with Gasteiger partial charge in [0.05, 0.1) is 27.2 Å². The van der Waals surface area contributed by atoms with Gasteiger partial charge in [-0.1, -0.05) is 52.9 Å². The predicted molar refractivity (Wildman–Crippen MR) is 149 cm³/mol. The summed E-state index contributed by atoms with van der Waals surface area (Å²) in [7, 11) is 0. The highest BCUT2D eigenvalue weighted by Gasteiger charge is 2.32. The zero-order chi connectivity index (χ0) is 27.0. The number of rotatable bonds is 8. The summed E-state index contributed by atoms with van der Waals surface area (Å²) in [6, 6.07) is 11.1. The van der Waals surface area contributed by atoms with Gasteiger partial charge in [0.15, 0.2) is 5.16 Å². The summed E-state index contributed by atoms with van der Waals surface area (Å²) in [6.45, 7) is 3.06. The highest BCUT2D eigenvalue weighted by atomic mass is 35.5. The van der Waals surface area contributed by atoms with Crippen molar-refractivity contribution in [3.8, 4) is 17.5 Å². The number of carbonyl (C=O) groups is 2. The molecule has 2 fully saturated rings. The van der Waals surface area contributed by atoms with Gasteiger partial charge in [-0.25, -0.2) is 0 Å². The first-order chi connectivity index (χ1) is 18.1. The lowest BCUT2D eigenvalue weighted by atomic mass is 9.94. The largest absolute Gasteiger partial charge is 0.480 e. The van der Waals surface area contributed by atoms with Gasteiger partial charge in [0.25, 0.3) is 0 Å². The van der Waals surface area contributed by atoms with Crippen LogP contribution in [-0.2, 0) is 9.59 Å². The van der Waals surface area contributed by atoms with Crippen LogP contribution >= 0.6 is 35.0 Å². The molecule has 0 atom stereocenters. The van der Waals surface area contributed by atoms with Crippen molar-refractivity contribution in [2.75, 3.05) is 11.1 Å². The number of nitrogens with zero attached hydrogens (tertiary/aromatic N) is 3. The Hall–Kier alpha value is -2.99. The molecule has 10 heteroatoms. The summed E-state index contributed by atoms with van der Waals surface area (Å²) in [5.74, 6) is 6.24. The topological polar surface area (TPSA) is 97.1 Å². The number of amides is 1. The van der Waals surface area contributed by atoms with E-state index in [1.807, 2.05) is 16.7 Å². The first-order valence-electron chi connectivity index (χ1n) is 12.4. The Kier molecular flexibility index (Phi) is 7.45. The number of aliphatic carboxylic acids is 1. The molecule has 196 valence electrons. The van der Waals surface area contributed by atoms with E-state index in [4.69, 9.17) is 23.2 Å². The van der Waals surface area contributed by atoms with Crippen molar-refractivity contribution in [1.82, 2.24) is 14.8 Å². The Morgan fingerprint density at radius 2 is 1.82 bits per heavy atom. The van der Waals surface area contributed by atoms with E-state index in [9.17, 15) is 14.7 Å². The molecule has 0 unspecified atom stereocenters. The van der Waals surface area contributed by atoms with Crippen LogP contribution in [0.4, 0.5) is 5.69 Å². The number of nitrogens with one attached hydrogen (secondary N) is 1. The Morgan fingerprint density at radius 1 is 1.08 bits per heavy atom. The fraction of sp³-hybridized carbons (Fsp3) is 0.357. The van der Waals surface area contributed by atoms with Crippen LogP contribution in [0.1, 0.15) is 68.3 Å². The molecule has 1 amide bonds. The summed E-state index contributed by atoms with van der Waals surface area (Å²) in [5, 5.41) is 22.4. The minimum absolute atomic E-state index is 0.102. The Bertz CT molecular complexity index is 1480. The molecule has 1 aromatic heterocycles. The standard InChI is InChI=1S/C28H26Cl2N4O3S/c1-28(2,26(36)37)12-11-16-3-9-22(20(29)13-16)31-24(35)15-38-27-33-32-25(18-6-7-18)34(27)23-10-8-19(14-21(23)30)17-4-5-17/h3,8-10,13-14,17-18H,4-7,15H2,1-2H3,(H,31,35)(H,36,37). The van der Waals surface area contributed by atoms with E-state index in [1.54, 1.807) is 18.2 Å². The van der Waals surface area contributed by atoms with Gasteiger partial charge >= 0.3 is 5.97 Å². The van der Waals surface area contributed by atoms with Gasteiger partial charge in [-0.05, 0) is 81.3 Å². The van der Waals surface area contributed by atoms with Gasteiger partial charge in [0, 0.05) is 11.5 Å². The molecule has 2 aliphatic rings. The second-order valence-corrected chi connectivity index (χ2v) is 11.9. The van der Waals surface area contributed by atoms with Crippen LogP contribution < -0.4 is 5.32 Å². The monoisotopic (exact) mass is 568 g/mol. The van der Waals surface area contributed by atoms with E-state index in [0.717, 1.165) is 24.4 Å². The van der Waals surface area contributed by atoms with Crippen molar-refractivity contribution in [3.63, 3.8) is 0 Å². The highest BCUT2D eigenvalue weighted by Crippen LogP contribution is 2.44. The van der Waals surface area contributed by atoms with Crippen molar-refractivity contribution in [2.24, 2.45) is 5.41 Å². The number of thioether (sulfide) groups is 1. The second-order valence-electron chi connectivity index (χ2n) is 10.1. The van der Waals surface area contributed by atoms with Crippen LogP contribution in [0.5, 0.6) is 0 Å². The number of hydrogen-bond acceptors (Lipinski definition) is 5. The number of carboxylic acids is 1. The first kappa shape index (κ1) is 26.6. The lowest BCUT2D eigenvalue weighted by Crippen LogP contribution is -2.21. The van der Waals surface area contributed by atoms with E-state index in [-0.39, 0.29) is 11.7 Å². The van der Waals surface area contributed by atoms with Crippen LogP contribution in [0.3, 0.4) is 0 Å². The molecule has 3 aromatic rings. The Morgan fingerprint density at radius 3 is 2.45 bits per heavy atom. The van der Waals surface area contributed by atoms with Crippen molar-refractivity contribution in [3.05, 3.63) is 63.4 Å². The molecule has 1 heterocycles. The normalized spacial score (nSPS) is 15.1. The summed E-state index contributed by atoms with van der Waals surface area (Å²) >= 11 is 14.4. The molecule has 5 rings (SSSR count). The number of anilines is 1. The molecule has 0 saturated heterocycles. The summed E-state index contributed by atoms with van der Waals surface area (Å²) < 4.78 is 1.98. The molecule has 2 aliphatic carbocycles. The van der Waals surface area contributed by atoms with Gasteiger partial charge in [-0.15, -0.1) is 10.2 Å². The summed E-state index contributed by atoms with van der Waals surface area (Å²) in [4.78, 5) is 24.0. The minimum atomic E-state index is -1.18. The highest BCUT2D eigenvalue weighted by molar-refractivity contribution is 7.99. The van der Waals surface area contributed by atoms with Crippen molar-refractivity contribution in [2.45, 2.75) is 56.5 Å². The predicted octanol–water partition coefficient (Wildman–Crippen LogP) is 6.52. The third kappa shape index (κ3) is 6.01. The smallest absolute Gasteiger partial charge is 0.321 e. The van der Waals surface area contributed by atoms with E-state index in [1.165, 1.54) is 44.0 Å². The molecular weight excluding hydrogens is 543 g/mol. The van der Waals surface area contributed by atoms with E-state index in [0.29, 0.717) is 38.3 Å². The van der Waals surface area contributed by atoms with Crippen LogP contribution in [0.25, 0.3) is 5.69 Å². The maximum atomic E-state index is 12.8. The minimum Gasteiger partial charge on any atom is -0.480 e. The van der Waals surface area contributed by atoms with Crippen molar-refractivity contribution < 1.29 is 14.7 Å². The summed E-state index contributed by atoms with van der Waals surface area (Å²) in [6.07, 6.45) is 4.53. The van der Waals surface area contributed by atoms with E-state index >= 15 is 0 Å². The number of benzene rings is 2. The van der Waals surface area contributed by atoms with Crippen molar-refractivity contribution in [1.29, 1.82) is 0 Å². The molecular formula is C28H26Cl2N4O3S. The zero-order valence-electron chi connectivity index (χ0n) is 20.9. The molecule has 0 spiro atoms. The van der Waals surface area contributed by atoms with E-state index in [2.05, 4.69) is 33.4 Å². The lowest BCUT2D eigenvalue weighted by molar-refractivity contribution is -0.143. The maximum absolute atomic E-state index is 12.8. The quantitative estimate of drug-likeness (QED) is 0.237. The molecule has 2 aromatic carbocycles. The van der Waals surface area contributed by atoms with Crippen LogP contribution in [0.15, 0.2) is 41.6 Å². The Balaban J connectivity index is 1.28. The zero-order valence-corrected chi connectivity index (χ0v) is 23.3. The van der Waals surface area contributed by atoms with Crippen LogP contribution in [0.2, 0.25) is 10.0 Å². The van der Waals surface area contributed by atoms with Gasteiger partial charge in [-0.2, -0.15) is 0 Å². The fourth-order valence-corrected chi connectivity index (χ4v) is 5.13. The molecule has 0 aliphatic heterocycles. The maximum Gasteiger partial charge on any atom is 0.321 e. The molecule has 2 saturated carbocycles. The fourth-order valence-electron chi connectivity index (χ4n) is 3.87. The molecule has 0 radical (unpaired) electrons. The average Bonchev–Trinajstić information content (AvgIpc) is 3.81. The first-order valence-corrected chi connectivity index (χ1v) is 14.1. The number of carbonyl (C=O) groups excluding carboxylic acids is 1. The van der Waals surface area contributed by atoms with Gasteiger partial charge < -0.3 is 10.4 Å². The van der Waals surface area contributed by atoms with Crippen molar-refractivity contribution >= 4 is 52.5 Å². The number of hydrogen-bond donors (Lipinski definition) is 2. The third-order valence-corrected chi connectivity index (χ3v) is 8.04. The Labute approximate surface area is 235 Å². The number of halogens is 2. The van der Waals surface area contributed by atoms with Crippen LogP contribution in [-0.4, -0.2) is 37.5 Å². The SMILES string of the molecule is CC(C)(C#Cc1ccc(NC(=O)CSc2nnc(C3CC3)n2-c2ccc(C3CC3)cc2Cl)c(Cl)c1)C(=O)O. The van der Waals surface area contributed by atoms with E-state index < -0.39 is 11.4 Å². The number of carboxylic acid groups (broad SMARTS) is 1. The van der Waals surface area contributed by atoms with Gasteiger partial charge in [0.2, 0.25) is 5.91 Å². The second kappa shape index (κ2) is 10.6. The molecule has 38 heavy (non-hydrogen) atoms. The average molecular weight is 570 g/mol. The number of aromatic nitrogens is 3. The molecule has 0 bridgehead atoms. The van der Waals surface area contributed by atoms with Gasteiger partial charge in [0.1, 0.15) is 11.2 Å². The summed E-state index contributed by atoms with van der Waals surface area (Å²) in [5.41, 5.74) is 1.91. The third-order valence-electron chi connectivity index (χ3n) is 6.49. The van der Waals surface area contributed by atoms with Crippen LogP contribution in [0, 0.1) is 17.3 Å². The lowest BCUT2D eigenvalue weighted by Gasteiger charge is -2.13. The molecule has 7 nitrogen and oxygen atoms in total. The molecule has 2 N–H and O–H groups in total.